The first kappa shape index (κ1) is 24.1. The van der Waals surface area contributed by atoms with Gasteiger partial charge in [0.1, 0.15) is 12.4 Å². The molecule has 0 saturated carbocycles. The molecule has 0 radical (unpaired) electrons. The number of aryl methyl sites for hydroxylation is 2. The van der Waals surface area contributed by atoms with Gasteiger partial charge < -0.3 is 9.64 Å². The van der Waals surface area contributed by atoms with Gasteiger partial charge in [-0.05, 0) is 38.1 Å². The van der Waals surface area contributed by atoms with Crippen LogP contribution in [0.5, 0.6) is 5.75 Å². The largest absolute Gasteiger partial charge is 0.487 e. The van der Waals surface area contributed by atoms with Crippen molar-refractivity contribution in [2.45, 2.75) is 25.3 Å². The zero-order valence-electron chi connectivity index (χ0n) is 19.2. The molecule has 0 bridgehead atoms. The molecule has 1 aromatic heterocycles. The third-order valence-electron chi connectivity index (χ3n) is 5.58. The molecular formula is C25H27N3O4S2. The Labute approximate surface area is 204 Å². The van der Waals surface area contributed by atoms with Crippen molar-refractivity contribution in [3.05, 3.63) is 81.8 Å². The number of hydrogen-bond acceptors (Lipinski definition) is 6. The summed E-state index contributed by atoms with van der Waals surface area (Å²) in [4.78, 5) is 19.1. The molecule has 1 aliphatic rings. The van der Waals surface area contributed by atoms with Crippen LogP contribution >= 0.6 is 11.3 Å². The Morgan fingerprint density at radius 2 is 1.76 bits per heavy atom. The van der Waals surface area contributed by atoms with Crippen molar-refractivity contribution in [2.75, 3.05) is 26.2 Å². The van der Waals surface area contributed by atoms with E-state index < -0.39 is 10.0 Å². The first-order valence-electron chi connectivity index (χ1n) is 11.0. The highest BCUT2D eigenvalue weighted by Crippen LogP contribution is 2.22. The van der Waals surface area contributed by atoms with Gasteiger partial charge in [0.15, 0.2) is 0 Å². The zero-order valence-corrected chi connectivity index (χ0v) is 20.8. The molecule has 9 heteroatoms. The maximum atomic E-state index is 12.9. The Morgan fingerprint density at radius 3 is 2.44 bits per heavy atom. The minimum atomic E-state index is -3.56. The molecule has 4 rings (SSSR count). The monoisotopic (exact) mass is 497 g/mol. The van der Waals surface area contributed by atoms with Crippen LogP contribution in [-0.2, 0) is 21.4 Å². The average Bonchev–Trinajstić information content (AvgIpc) is 3.27. The second-order valence-electron chi connectivity index (χ2n) is 8.06. The Balaban J connectivity index is 1.35. The number of amides is 1. The zero-order chi connectivity index (χ0) is 24.1. The second-order valence-corrected chi connectivity index (χ2v) is 11.1. The quantitative estimate of drug-likeness (QED) is 0.463. The summed E-state index contributed by atoms with van der Waals surface area (Å²) in [7, 11) is -3.56. The molecule has 1 aliphatic heterocycles. The van der Waals surface area contributed by atoms with Gasteiger partial charge in [0, 0.05) is 43.2 Å². The lowest BCUT2D eigenvalue weighted by Crippen LogP contribution is -2.50. The van der Waals surface area contributed by atoms with E-state index in [-0.39, 0.29) is 23.9 Å². The van der Waals surface area contributed by atoms with Crippen LogP contribution in [0.1, 0.15) is 21.8 Å². The molecule has 2 heterocycles. The van der Waals surface area contributed by atoms with Crippen LogP contribution in [0.15, 0.2) is 64.9 Å². The summed E-state index contributed by atoms with van der Waals surface area (Å²) in [5.74, 6) is 0.517. The van der Waals surface area contributed by atoms with E-state index in [0.29, 0.717) is 25.4 Å². The van der Waals surface area contributed by atoms with Crippen molar-refractivity contribution in [1.29, 1.82) is 0 Å². The van der Waals surface area contributed by atoms with E-state index in [4.69, 9.17) is 4.74 Å². The number of para-hydroxylation sites is 1. The summed E-state index contributed by atoms with van der Waals surface area (Å²) in [6.07, 6.45) is 3.25. The summed E-state index contributed by atoms with van der Waals surface area (Å²) in [6, 6.07) is 14.3. The van der Waals surface area contributed by atoms with Gasteiger partial charge in [-0.1, -0.05) is 35.9 Å². The molecule has 1 fully saturated rings. The molecule has 7 nitrogen and oxygen atoms in total. The number of nitrogens with zero attached hydrogens (tertiary/aromatic N) is 3. The fourth-order valence-electron chi connectivity index (χ4n) is 3.65. The first-order chi connectivity index (χ1) is 16.3. The lowest BCUT2D eigenvalue weighted by molar-refractivity contribution is -0.127. The van der Waals surface area contributed by atoms with Gasteiger partial charge in [0.2, 0.25) is 15.9 Å². The van der Waals surface area contributed by atoms with Crippen molar-refractivity contribution in [1.82, 2.24) is 14.2 Å². The first-order valence-corrected chi connectivity index (χ1v) is 13.3. The van der Waals surface area contributed by atoms with Crippen LogP contribution < -0.4 is 4.74 Å². The SMILES string of the molecule is Cc1ccc(S(=O)(=O)N2CCN(C(=O)/C=C/c3ccccc3OCc3csc(C)n3)CC2)cc1. The molecule has 0 aliphatic carbocycles. The van der Waals surface area contributed by atoms with E-state index in [2.05, 4.69) is 4.98 Å². The Kier molecular flexibility index (Phi) is 7.45. The number of aromatic nitrogens is 1. The number of benzene rings is 2. The number of carbonyl (C=O) groups is 1. The van der Waals surface area contributed by atoms with E-state index in [1.807, 2.05) is 43.5 Å². The molecule has 178 valence electrons. The second kappa shape index (κ2) is 10.5. The molecule has 2 aromatic carbocycles. The maximum absolute atomic E-state index is 12.9. The smallest absolute Gasteiger partial charge is 0.246 e. The number of ether oxygens (including phenoxy) is 1. The molecule has 0 atom stereocenters. The predicted octanol–water partition coefficient (Wildman–Crippen LogP) is 3.89. The highest BCUT2D eigenvalue weighted by molar-refractivity contribution is 7.89. The Hall–Kier alpha value is -3.01. The molecule has 0 unspecified atom stereocenters. The van der Waals surface area contributed by atoms with E-state index in [1.54, 1.807) is 46.6 Å². The van der Waals surface area contributed by atoms with E-state index in [1.165, 1.54) is 10.4 Å². The summed E-state index contributed by atoms with van der Waals surface area (Å²) < 4.78 is 33.1. The van der Waals surface area contributed by atoms with Crippen molar-refractivity contribution in [3.63, 3.8) is 0 Å². The fraction of sp³-hybridized carbons (Fsp3) is 0.280. The minimum absolute atomic E-state index is 0.155. The van der Waals surface area contributed by atoms with Crippen molar-refractivity contribution in [2.24, 2.45) is 0 Å². The molecule has 0 N–H and O–H groups in total. The molecular weight excluding hydrogens is 470 g/mol. The molecule has 1 saturated heterocycles. The van der Waals surface area contributed by atoms with Crippen LogP contribution in [0.3, 0.4) is 0 Å². The van der Waals surface area contributed by atoms with Crippen molar-refractivity contribution < 1.29 is 17.9 Å². The molecule has 1 amide bonds. The minimum Gasteiger partial charge on any atom is -0.487 e. The predicted molar refractivity (Wildman–Crippen MR) is 133 cm³/mol. The van der Waals surface area contributed by atoms with E-state index in [9.17, 15) is 13.2 Å². The maximum Gasteiger partial charge on any atom is 0.246 e. The number of carbonyl (C=O) groups excluding carboxylic acids is 1. The average molecular weight is 498 g/mol. The van der Waals surface area contributed by atoms with Gasteiger partial charge in [-0.3, -0.25) is 4.79 Å². The number of hydrogen-bond donors (Lipinski definition) is 0. The van der Waals surface area contributed by atoms with Gasteiger partial charge in [0.05, 0.1) is 15.6 Å². The van der Waals surface area contributed by atoms with Crippen LogP contribution in [0.2, 0.25) is 0 Å². The third kappa shape index (κ3) is 5.72. The number of piperazine rings is 1. The molecule has 34 heavy (non-hydrogen) atoms. The van der Waals surface area contributed by atoms with Gasteiger partial charge in [-0.2, -0.15) is 4.31 Å². The number of thiazole rings is 1. The highest BCUT2D eigenvalue weighted by atomic mass is 32.2. The number of rotatable bonds is 7. The van der Waals surface area contributed by atoms with Gasteiger partial charge in [0.25, 0.3) is 0 Å². The van der Waals surface area contributed by atoms with Gasteiger partial charge >= 0.3 is 0 Å². The fourth-order valence-corrected chi connectivity index (χ4v) is 5.67. The van der Waals surface area contributed by atoms with Crippen LogP contribution in [0.25, 0.3) is 6.08 Å². The van der Waals surface area contributed by atoms with Crippen molar-refractivity contribution in [3.8, 4) is 5.75 Å². The summed E-state index contributed by atoms with van der Waals surface area (Å²) >= 11 is 1.58. The standard InChI is InChI=1S/C25H27N3O4S2/c1-19-7-10-23(11-8-19)34(30,31)28-15-13-27(14-16-28)25(29)12-9-21-5-3-4-6-24(21)32-17-22-18-33-20(2)26-22/h3-12,18H,13-17H2,1-2H3/b12-9+. The lowest BCUT2D eigenvalue weighted by atomic mass is 10.2. The molecule has 3 aromatic rings. The lowest BCUT2D eigenvalue weighted by Gasteiger charge is -2.33. The van der Waals surface area contributed by atoms with Gasteiger partial charge in [-0.15, -0.1) is 11.3 Å². The van der Waals surface area contributed by atoms with Crippen LogP contribution in [0, 0.1) is 13.8 Å². The topological polar surface area (TPSA) is 79.8 Å². The summed E-state index contributed by atoms with van der Waals surface area (Å²) in [6.45, 7) is 5.45. The van der Waals surface area contributed by atoms with E-state index in [0.717, 1.165) is 21.8 Å². The molecule has 0 spiro atoms. The van der Waals surface area contributed by atoms with Crippen molar-refractivity contribution >= 4 is 33.3 Å². The number of sulfonamides is 1. The Morgan fingerprint density at radius 1 is 1.06 bits per heavy atom. The normalized spacial score (nSPS) is 15.1. The highest BCUT2D eigenvalue weighted by Gasteiger charge is 2.29. The van der Waals surface area contributed by atoms with Crippen LogP contribution in [-0.4, -0.2) is 54.7 Å². The summed E-state index contributed by atoms with van der Waals surface area (Å²) in [5.41, 5.74) is 2.67. The third-order valence-corrected chi connectivity index (χ3v) is 8.31. The van der Waals surface area contributed by atoms with Gasteiger partial charge in [-0.25, -0.2) is 13.4 Å². The Bertz CT molecular complexity index is 1280. The van der Waals surface area contributed by atoms with Crippen LogP contribution in [0.4, 0.5) is 0 Å². The summed E-state index contributed by atoms with van der Waals surface area (Å²) in [5, 5.41) is 2.96. The van der Waals surface area contributed by atoms with E-state index >= 15 is 0 Å².